The average Bonchev–Trinajstić information content (AvgIpc) is 2.25. The van der Waals surface area contributed by atoms with Crippen LogP contribution in [0.25, 0.3) is 0 Å². The first-order chi connectivity index (χ1) is 7.68. The SMILES string of the molecule is CC(=O)CCCCOCc1ccc(Cl)cc1. The lowest BCUT2D eigenvalue weighted by Gasteiger charge is -2.04. The van der Waals surface area contributed by atoms with Gasteiger partial charge in [-0.2, -0.15) is 0 Å². The van der Waals surface area contributed by atoms with Gasteiger partial charge in [0.1, 0.15) is 5.78 Å². The number of Topliss-reactive ketones (excluding diaryl/α,β-unsaturated/α-hetero) is 1. The fourth-order valence-electron chi connectivity index (χ4n) is 1.35. The molecule has 0 aromatic heterocycles. The zero-order valence-corrected chi connectivity index (χ0v) is 10.3. The molecule has 0 atom stereocenters. The fraction of sp³-hybridized carbons (Fsp3) is 0.462. The predicted octanol–water partition coefficient (Wildman–Crippen LogP) is 3.62. The highest BCUT2D eigenvalue weighted by molar-refractivity contribution is 6.30. The van der Waals surface area contributed by atoms with E-state index in [0.29, 0.717) is 19.6 Å². The second-order valence-electron chi connectivity index (χ2n) is 3.84. The molecule has 0 spiro atoms. The Balaban J connectivity index is 2.07. The van der Waals surface area contributed by atoms with Crippen molar-refractivity contribution in [2.24, 2.45) is 0 Å². The van der Waals surface area contributed by atoms with Gasteiger partial charge in [-0.05, 0) is 37.5 Å². The lowest BCUT2D eigenvalue weighted by atomic mass is 10.2. The highest BCUT2D eigenvalue weighted by atomic mass is 35.5. The minimum Gasteiger partial charge on any atom is -0.377 e. The van der Waals surface area contributed by atoms with Crippen LogP contribution in [0.5, 0.6) is 0 Å². The molecule has 16 heavy (non-hydrogen) atoms. The van der Waals surface area contributed by atoms with Gasteiger partial charge in [-0.3, -0.25) is 0 Å². The summed E-state index contributed by atoms with van der Waals surface area (Å²) in [7, 11) is 0. The lowest BCUT2D eigenvalue weighted by molar-refractivity contribution is -0.117. The molecule has 0 amide bonds. The number of ether oxygens (including phenoxy) is 1. The smallest absolute Gasteiger partial charge is 0.129 e. The molecular weight excluding hydrogens is 224 g/mol. The Morgan fingerprint density at radius 2 is 1.94 bits per heavy atom. The minimum atomic E-state index is 0.248. The molecule has 0 saturated heterocycles. The maximum Gasteiger partial charge on any atom is 0.129 e. The summed E-state index contributed by atoms with van der Waals surface area (Å²) in [6, 6.07) is 7.63. The summed E-state index contributed by atoms with van der Waals surface area (Å²) in [6.45, 7) is 2.93. The standard InChI is InChI=1S/C13H17ClO2/c1-11(15)4-2-3-9-16-10-12-5-7-13(14)8-6-12/h5-8H,2-4,9-10H2,1H3. The number of carbonyl (C=O) groups excluding carboxylic acids is 1. The molecule has 2 nitrogen and oxygen atoms in total. The van der Waals surface area contributed by atoms with Crippen LogP contribution in [0.1, 0.15) is 31.7 Å². The average molecular weight is 241 g/mol. The molecule has 3 heteroatoms. The number of hydrogen-bond acceptors (Lipinski definition) is 2. The van der Waals surface area contributed by atoms with Crippen LogP contribution < -0.4 is 0 Å². The van der Waals surface area contributed by atoms with E-state index in [1.165, 1.54) is 0 Å². The van der Waals surface area contributed by atoms with Gasteiger partial charge in [-0.15, -0.1) is 0 Å². The van der Waals surface area contributed by atoms with Crippen LogP contribution in [0.4, 0.5) is 0 Å². The Kier molecular flexibility index (Phi) is 6.12. The van der Waals surface area contributed by atoms with Crippen molar-refractivity contribution in [2.75, 3.05) is 6.61 Å². The molecule has 0 radical (unpaired) electrons. The van der Waals surface area contributed by atoms with Gasteiger partial charge in [-0.25, -0.2) is 0 Å². The van der Waals surface area contributed by atoms with Crippen molar-refractivity contribution in [3.05, 3.63) is 34.9 Å². The van der Waals surface area contributed by atoms with Crippen molar-refractivity contribution in [2.45, 2.75) is 32.8 Å². The van der Waals surface area contributed by atoms with Gasteiger partial charge in [0.15, 0.2) is 0 Å². The van der Waals surface area contributed by atoms with E-state index in [1.807, 2.05) is 24.3 Å². The molecule has 0 aliphatic heterocycles. The topological polar surface area (TPSA) is 26.3 Å². The van der Waals surface area contributed by atoms with E-state index in [0.717, 1.165) is 23.4 Å². The van der Waals surface area contributed by atoms with E-state index in [-0.39, 0.29) is 5.78 Å². The molecule has 0 bridgehead atoms. The molecule has 0 fully saturated rings. The van der Waals surface area contributed by atoms with Gasteiger partial charge in [0, 0.05) is 18.1 Å². The van der Waals surface area contributed by atoms with Crippen molar-refractivity contribution < 1.29 is 9.53 Å². The third-order valence-electron chi connectivity index (χ3n) is 2.25. The second kappa shape index (κ2) is 7.42. The van der Waals surface area contributed by atoms with Crippen molar-refractivity contribution in [1.82, 2.24) is 0 Å². The van der Waals surface area contributed by atoms with Crippen LogP contribution >= 0.6 is 11.6 Å². The summed E-state index contributed by atoms with van der Waals surface area (Å²) in [5, 5.41) is 0.741. The summed E-state index contributed by atoms with van der Waals surface area (Å²) in [5.41, 5.74) is 1.12. The number of rotatable bonds is 7. The summed E-state index contributed by atoms with van der Waals surface area (Å²) in [5.74, 6) is 0.248. The van der Waals surface area contributed by atoms with Crippen molar-refractivity contribution in [3.63, 3.8) is 0 Å². The molecule has 0 aliphatic carbocycles. The zero-order chi connectivity index (χ0) is 11.8. The van der Waals surface area contributed by atoms with Gasteiger partial charge >= 0.3 is 0 Å². The van der Waals surface area contributed by atoms with Gasteiger partial charge in [0.2, 0.25) is 0 Å². The molecule has 0 aliphatic rings. The first-order valence-electron chi connectivity index (χ1n) is 5.50. The Morgan fingerprint density at radius 1 is 1.25 bits per heavy atom. The number of halogens is 1. The quantitative estimate of drug-likeness (QED) is 0.681. The molecular formula is C13H17ClO2. The molecule has 0 unspecified atom stereocenters. The number of hydrogen-bond donors (Lipinski definition) is 0. The van der Waals surface area contributed by atoms with Crippen LogP contribution in [0.15, 0.2) is 24.3 Å². The molecule has 1 rings (SSSR count). The highest BCUT2D eigenvalue weighted by Gasteiger charge is 1.95. The molecule has 0 heterocycles. The molecule has 0 N–H and O–H groups in total. The first kappa shape index (κ1) is 13.2. The number of benzene rings is 1. The Hall–Kier alpha value is -0.860. The van der Waals surface area contributed by atoms with Crippen molar-refractivity contribution in [3.8, 4) is 0 Å². The largest absolute Gasteiger partial charge is 0.377 e. The van der Waals surface area contributed by atoms with Crippen molar-refractivity contribution in [1.29, 1.82) is 0 Å². The maximum atomic E-state index is 10.7. The molecule has 88 valence electrons. The normalized spacial score (nSPS) is 10.4. The summed E-state index contributed by atoms with van der Waals surface area (Å²) < 4.78 is 5.49. The van der Waals surface area contributed by atoms with Crippen LogP contribution in [0.3, 0.4) is 0 Å². The number of carbonyl (C=O) groups is 1. The Bertz CT molecular complexity index is 319. The fourth-order valence-corrected chi connectivity index (χ4v) is 1.47. The van der Waals surface area contributed by atoms with Gasteiger partial charge in [0.25, 0.3) is 0 Å². The van der Waals surface area contributed by atoms with Crippen LogP contribution in [0, 0.1) is 0 Å². The first-order valence-corrected chi connectivity index (χ1v) is 5.88. The van der Waals surface area contributed by atoms with Crippen LogP contribution in [-0.4, -0.2) is 12.4 Å². The van der Waals surface area contributed by atoms with Gasteiger partial charge in [-0.1, -0.05) is 23.7 Å². The van der Waals surface area contributed by atoms with Crippen LogP contribution in [0.2, 0.25) is 5.02 Å². The van der Waals surface area contributed by atoms with E-state index in [2.05, 4.69) is 0 Å². The van der Waals surface area contributed by atoms with E-state index in [4.69, 9.17) is 16.3 Å². The van der Waals surface area contributed by atoms with E-state index in [9.17, 15) is 4.79 Å². The van der Waals surface area contributed by atoms with Gasteiger partial charge < -0.3 is 9.53 Å². The Morgan fingerprint density at radius 3 is 2.56 bits per heavy atom. The van der Waals surface area contributed by atoms with Crippen LogP contribution in [-0.2, 0) is 16.1 Å². The lowest BCUT2D eigenvalue weighted by Crippen LogP contribution is -1.97. The van der Waals surface area contributed by atoms with Gasteiger partial charge in [0.05, 0.1) is 6.61 Å². The summed E-state index contributed by atoms with van der Waals surface area (Å²) >= 11 is 5.77. The van der Waals surface area contributed by atoms with E-state index >= 15 is 0 Å². The second-order valence-corrected chi connectivity index (χ2v) is 4.27. The van der Waals surface area contributed by atoms with Crippen molar-refractivity contribution >= 4 is 17.4 Å². The van der Waals surface area contributed by atoms with E-state index in [1.54, 1.807) is 6.92 Å². The van der Waals surface area contributed by atoms with E-state index < -0.39 is 0 Å². The Labute approximate surface area is 102 Å². The number of unbranched alkanes of at least 4 members (excludes halogenated alkanes) is 1. The predicted molar refractivity (Wildman–Crippen MR) is 65.6 cm³/mol. The maximum absolute atomic E-state index is 10.7. The molecule has 0 saturated carbocycles. The third-order valence-corrected chi connectivity index (χ3v) is 2.50. The monoisotopic (exact) mass is 240 g/mol. The third kappa shape index (κ3) is 5.89. The number of ketones is 1. The minimum absolute atomic E-state index is 0.248. The zero-order valence-electron chi connectivity index (χ0n) is 9.54. The summed E-state index contributed by atoms with van der Waals surface area (Å²) in [4.78, 5) is 10.7. The summed E-state index contributed by atoms with van der Waals surface area (Å²) in [6.07, 6.45) is 2.51. The highest BCUT2D eigenvalue weighted by Crippen LogP contribution is 2.10. The molecule has 1 aromatic rings. The molecule has 1 aromatic carbocycles.